The summed E-state index contributed by atoms with van der Waals surface area (Å²) in [4.78, 5) is 25.8. The molecule has 1 aromatic rings. The van der Waals surface area contributed by atoms with Gasteiger partial charge in [-0.2, -0.15) is 0 Å². The number of carboxylic acids is 1. The third kappa shape index (κ3) is 5.43. The molecule has 0 atom stereocenters. The Morgan fingerprint density at radius 2 is 2.00 bits per heavy atom. The molecule has 7 nitrogen and oxygen atoms in total. The highest BCUT2D eigenvalue weighted by molar-refractivity contribution is 5.85. The molecular weight excluding hydrogens is 334 g/mol. The van der Waals surface area contributed by atoms with Crippen molar-refractivity contribution in [3.8, 4) is 0 Å². The molecule has 0 saturated carbocycles. The first-order valence-electron chi connectivity index (χ1n) is 7.91. The van der Waals surface area contributed by atoms with Crippen LogP contribution in [0.2, 0.25) is 0 Å². The van der Waals surface area contributed by atoms with Gasteiger partial charge in [-0.25, -0.2) is 0 Å². The predicted molar refractivity (Wildman–Crippen MR) is 93.5 cm³/mol. The number of nitro benzene ring substituents is 1. The van der Waals surface area contributed by atoms with Crippen LogP contribution in [0.25, 0.3) is 0 Å². The molecule has 1 aliphatic rings. The molecule has 134 valence electrons. The summed E-state index contributed by atoms with van der Waals surface area (Å²) in [7, 11) is 0. The van der Waals surface area contributed by atoms with Crippen molar-refractivity contribution in [3.63, 3.8) is 0 Å². The predicted octanol–water partition coefficient (Wildman–Crippen LogP) is 2.39. The van der Waals surface area contributed by atoms with Crippen LogP contribution >= 0.6 is 12.4 Å². The van der Waals surface area contributed by atoms with Gasteiger partial charge in [0.2, 0.25) is 0 Å². The third-order valence-corrected chi connectivity index (χ3v) is 4.40. The van der Waals surface area contributed by atoms with Crippen LogP contribution in [-0.4, -0.2) is 58.0 Å². The highest BCUT2D eigenvalue weighted by atomic mass is 35.5. The van der Waals surface area contributed by atoms with E-state index in [2.05, 4.69) is 4.90 Å². The van der Waals surface area contributed by atoms with Gasteiger partial charge in [-0.1, -0.05) is 25.1 Å². The fourth-order valence-electron chi connectivity index (χ4n) is 3.18. The normalized spacial score (nSPS) is 15.9. The van der Waals surface area contributed by atoms with Crippen LogP contribution < -0.4 is 0 Å². The highest BCUT2D eigenvalue weighted by Crippen LogP contribution is 2.23. The van der Waals surface area contributed by atoms with Crippen LogP contribution in [0.1, 0.15) is 25.3 Å². The van der Waals surface area contributed by atoms with Gasteiger partial charge in [0.05, 0.1) is 11.5 Å². The lowest BCUT2D eigenvalue weighted by molar-refractivity contribution is -0.385. The van der Waals surface area contributed by atoms with Gasteiger partial charge in [-0.15, -0.1) is 12.4 Å². The maximum atomic E-state index is 11.1. The molecule has 0 amide bonds. The molecular formula is C16H24ClN3O4. The van der Waals surface area contributed by atoms with Gasteiger partial charge >= 0.3 is 5.97 Å². The number of benzene rings is 1. The standard InChI is InChI=1S/C16H23N3O4.ClH/c1-2-18(12-16(20)21)14-7-9-17(10-8-14)11-13-5-3-4-6-15(13)19(22)23;/h3-6,14H,2,7-12H2,1H3,(H,20,21);1H. The number of likely N-dealkylation sites (tertiary alicyclic amines) is 1. The Morgan fingerprint density at radius 3 is 2.54 bits per heavy atom. The van der Waals surface area contributed by atoms with E-state index in [1.807, 2.05) is 17.9 Å². The fraction of sp³-hybridized carbons (Fsp3) is 0.562. The lowest BCUT2D eigenvalue weighted by Crippen LogP contribution is -2.46. The van der Waals surface area contributed by atoms with Crippen molar-refractivity contribution in [2.45, 2.75) is 32.4 Å². The Balaban J connectivity index is 0.00000288. The minimum Gasteiger partial charge on any atom is -0.480 e. The van der Waals surface area contributed by atoms with E-state index in [9.17, 15) is 14.9 Å². The SMILES string of the molecule is CCN(CC(=O)O)C1CCN(Cc2ccccc2[N+](=O)[O-])CC1.Cl. The number of hydrogen-bond acceptors (Lipinski definition) is 5. The molecule has 1 aromatic carbocycles. The molecule has 0 bridgehead atoms. The van der Waals surface area contributed by atoms with Crippen LogP contribution in [0.4, 0.5) is 5.69 Å². The summed E-state index contributed by atoms with van der Waals surface area (Å²) < 4.78 is 0. The molecule has 0 aromatic heterocycles. The maximum Gasteiger partial charge on any atom is 0.317 e. The number of aliphatic carboxylic acids is 1. The summed E-state index contributed by atoms with van der Waals surface area (Å²) in [5.41, 5.74) is 0.893. The van der Waals surface area contributed by atoms with E-state index in [1.54, 1.807) is 12.1 Å². The molecule has 1 N–H and O–H groups in total. The molecule has 24 heavy (non-hydrogen) atoms. The summed E-state index contributed by atoms with van der Waals surface area (Å²) in [5, 5.41) is 20.0. The maximum absolute atomic E-state index is 11.1. The summed E-state index contributed by atoms with van der Waals surface area (Å²) in [5.74, 6) is -0.797. The molecule has 0 radical (unpaired) electrons. The number of rotatable bonds is 7. The quantitative estimate of drug-likeness (QED) is 0.595. The second-order valence-corrected chi connectivity index (χ2v) is 5.85. The molecule has 8 heteroatoms. The first-order valence-corrected chi connectivity index (χ1v) is 7.91. The topological polar surface area (TPSA) is 86.9 Å². The van der Waals surface area contributed by atoms with Crippen molar-refractivity contribution in [2.75, 3.05) is 26.2 Å². The Bertz CT molecular complexity index is 562. The van der Waals surface area contributed by atoms with Crippen molar-refractivity contribution >= 4 is 24.1 Å². The molecule has 2 rings (SSSR count). The van der Waals surface area contributed by atoms with Gasteiger partial charge in [0.25, 0.3) is 5.69 Å². The van der Waals surface area contributed by atoms with Crippen LogP contribution in [-0.2, 0) is 11.3 Å². The number of halogens is 1. The monoisotopic (exact) mass is 357 g/mol. The van der Waals surface area contributed by atoms with Crippen LogP contribution in [0.5, 0.6) is 0 Å². The number of piperidine rings is 1. The highest BCUT2D eigenvalue weighted by Gasteiger charge is 2.26. The summed E-state index contributed by atoms with van der Waals surface area (Å²) in [6.45, 7) is 4.99. The molecule has 0 spiro atoms. The number of carboxylic acid groups (broad SMARTS) is 1. The van der Waals surface area contributed by atoms with Crippen LogP contribution in [0.15, 0.2) is 24.3 Å². The fourth-order valence-corrected chi connectivity index (χ4v) is 3.18. The second-order valence-electron chi connectivity index (χ2n) is 5.85. The lowest BCUT2D eigenvalue weighted by Gasteiger charge is -2.37. The summed E-state index contributed by atoms with van der Waals surface area (Å²) in [6.07, 6.45) is 1.78. The zero-order chi connectivity index (χ0) is 16.8. The minimum absolute atomic E-state index is 0. The Labute approximate surface area is 147 Å². The summed E-state index contributed by atoms with van der Waals surface area (Å²) in [6, 6.07) is 7.11. The Kier molecular flexibility index (Phi) is 8.10. The largest absolute Gasteiger partial charge is 0.480 e. The van der Waals surface area contributed by atoms with E-state index in [1.165, 1.54) is 6.07 Å². The van der Waals surface area contributed by atoms with Crippen molar-refractivity contribution in [1.29, 1.82) is 0 Å². The van der Waals surface area contributed by atoms with E-state index < -0.39 is 5.97 Å². The average molecular weight is 358 g/mol. The minimum atomic E-state index is -0.797. The number of hydrogen-bond donors (Lipinski definition) is 1. The molecule has 1 fully saturated rings. The number of likely N-dealkylation sites (N-methyl/N-ethyl adjacent to an activating group) is 1. The number of nitro groups is 1. The van der Waals surface area contributed by atoms with E-state index in [0.717, 1.165) is 38.0 Å². The van der Waals surface area contributed by atoms with Crippen molar-refractivity contribution in [1.82, 2.24) is 9.80 Å². The van der Waals surface area contributed by atoms with E-state index >= 15 is 0 Å². The third-order valence-electron chi connectivity index (χ3n) is 4.40. The van der Waals surface area contributed by atoms with E-state index in [4.69, 9.17) is 5.11 Å². The zero-order valence-corrected chi connectivity index (χ0v) is 14.6. The van der Waals surface area contributed by atoms with Gasteiger partial charge in [-0.05, 0) is 32.5 Å². The lowest BCUT2D eigenvalue weighted by atomic mass is 10.0. The summed E-state index contributed by atoms with van der Waals surface area (Å²) >= 11 is 0. The van der Waals surface area contributed by atoms with Gasteiger partial charge in [0.15, 0.2) is 0 Å². The Hall–Kier alpha value is -1.70. The smallest absolute Gasteiger partial charge is 0.317 e. The van der Waals surface area contributed by atoms with Gasteiger partial charge in [0, 0.05) is 24.2 Å². The number of carbonyl (C=O) groups is 1. The Morgan fingerprint density at radius 1 is 1.38 bits per heavy atom. The molecule has 0 aliphatic carbocycles. The first-order chi connectivity index (χ1) is 11.0. The van der Waals surface area contributed by atoms with Crippen LogP contribution in [0.3, 0.4) is 0 Å². The van der Waals surface area contributed by atoms with E-state index in [-0.39, 0.29) is 35.6 Å². The number of para-hydroxylation sites is 1. The van der Waals surface area contributed by atoms with Crippen molar-refractivity contribution in [2.24, 2.45) is 0 Å². The molecule has 1 saturated heterocycles. The molecule has 0 unspecified atom stereocenters. The second kappa shape index (κ2) is 9.56. The van der Waals surface area contributed by atoms with Gasteiger partial charge in [-0.3, -0.25) is 24.7 Å². The molecule has 1 aliphatic heterocycles. The number of nitrogens with zero attached hydrogens (tertiary/aromatic N) is 3. The van der Waals surface area contributed by atoms with Crippen molar-refractivity contribution in [3.05, 3.63) is 39.9 Å². The zero-order valence-electron chi connectivity index (χ0n) is 13.8. The van der Waals surface area contributed by atoms with Gasteiger partial charge < -0.3 is 5.11 Å². The average Bonchev–Trinajstić information content (AvgIpc) is 2.53. The molecule has 1 heterocycles. The van der Waals surface area contributed by atoms with E-state index in [0.29, 0.717) is 6.54 Å². The van der Waals surface area contributed by atoms with Crippen LogP contribution in [0, 0.1) is 10.1 Å². The van der Waals surface area contributed by atoms with Crippen molar-refractivity contribution < 1.29 is 14.8 Å². The first kappa shape index (κ1) is 20.3. The van der Waals surface area contributed by atoms with Gasteiger partial charge in [0.1, 0.15) is 0 Å².